The number of esters is 1. The summed E-state index contributed by atoms with van der Waals surface area (Å²) in [5, 5.41) is 34.4. The van der Waals surface area contributed by atoms with Crippen LogP contribution in [0, 0.1) is 17.8 Å². The fourth-order valence-electron chi connectivity index (χ4n) is 8.66. The number of ketones is 1. The number of aliphatic hydroxyl groups excluding tert-OH is 2. The molecule has 0 aromatic carbocycles. The van der Waals surface area contributed by atoms with Crippen LogP contribution in [-0.2, 0) is 33.3 Å². The molecule has 3 heterocycles. The number of aliphatic hydroxyl groups is 3. The van der Waals surface area contributed by atoms with Gasteiger partial charge in [-0.05, 0) is 37.8 Å². The molecule has 2 saturated carbocycles. The fourth-order valence-corrected chi connectivity index (χ4v) is 8.66. The zero-order chi connectivity index (χ0) is 30.5. The topological polar surface area (TPSA) is 144 Å². The van der Waals surface area contributed by atoms with Crippen molar-refractivity contribution in [3.63, 3.8) is 0 Å². The fraction of sp³-hybridized carbons (Fsp3) is 0.688. The van der Waals surface area contributed by atoms with Crippen molar-refractivity contribution in [3.8, 4) is 0 Å². The highest BCUT2D eigenvalue weighted by Gasteiger charge is 2.90. The number of carbonyl (C=O) groups excluding carboxylic acids is 2. The lowest BCUT2D eigenvalue weighted by Gasteiger charge is -2.61. The molecule has 3 N–H and O–H groups in total. The quantitative estimate of drug-likeness (QED) is 0.121. The number of ether oxygens (including phenoxy) is 5. The molecule has 3 aliphatic carbocycles. The van der Waals surface area contributed by atoms with Gasteiger partial charge in [0.1, 0.15) is 30.0 Å². The molecule has 0 radical (unpaired) electrons. The minimum Gasteiger partial charge on any atom is -0.459 e. The molecule has 6 rings (SSSR count). The van der Waals surface area contributed by atoms with Crippen LogP contribution in [0.1, 0.15) is 60.3 Å². The molecule has 230 valence electrons. The highest BCUT2D eigenvalue weighted by atomic mass is 16.9. The Morgan fingerprint density at radius 3 is 2.55 bits per heavy atom. The number of allylic oxidation sites excluding steroid dienone is 3. The average Bonchev–Trinajstić information content (AvgIpc) is 3.57. The number of carbonyl (C=O) groups is 2. The summed E-state index contributed by atoms with van der Waals surface area (Å²) in [5.74, 6) is -5.58. The van der Waals surface area contributed by atoms with Crippen molar-refractivity contribution in [3.05, 3.63) is 48.1 Å². The third kappa shape index (κ3) is 3.51. The Bertz CT molecular complexity index is 1290. The second-order valence-electron chi connectivity index (χ2n) is 12.9. The van der Waals surface area contributed by atoms with Gasteiger partial charge in [0.2, 0.25) is 0 Å². The molecular formula is C32H42O10. The van der Waals surface area contributed by atoms with Gasteiger partial charge in [-0.3, -0.25) is 9.59 Å². The molecule has 0 aromatic heterocycles. The van der Waals surface area contributed by atoms with Gasteiger partial charge >= 0.3 is 11.9 Å². The van der Waals surface area contributed by atoms with Crippen LogP contribution in [0.3, 0.4) is 0 Å². The Morgan fingerprint density at radius 2 is 1.90 bits per heavy atom. The van der Waals surface area contributed by atoms with E-state index in [2.05, 4.69) is 13.5 Å². The lowest BCUT2D eigenvalue weighted by molar-refractivity contribution is -0.407. The number of hydrogen-bond donors (Lipinski definition) is 3. The van der Waals surface area contributed by atoms with Crippen molar-refractivity contribution >= 4 is 11.8 Å². The van der Waals surface area contributed by atoms with Gasteiger partial charge in [0.05, 0.1) is 12.2 Å². The van der Waals surface area contributed by atoms with Crippen LogP contribution < -0.4 is 0 Å². The minimum absolute atomic E-state index is 0.248. The zero-order valence-corrected chi connectivity index (χ0v) is 24.9. The molecule has 5 fully saturated rings. The van der Waals surface area contributed by atoms with Crippen molar-refractivity contribution in [2.24, 2.45) is 17.8 Å². The van der Waals surface area contributed by atoms with E-state index in [0.29, 0.717) is 5.57 Å². The van der Waals surface area contributed by atoms with E-state index >= 15 is 0 Å². The number of fused-ring (bicyclic) bond motifs is 3. The first-order chi connectivity index (χ1) is 19.8. The van der Waals surface area contributed by atoms with Gasteiger partial charge in [-0.1, -0.05) is 57.6 Å². The summed E-state index contributed by atoms with van der Waals surface area (Å²) in [4.78, 5) is 26.2. The average molecular weight is 587 g/mol. The van der Waals surface area contributed by atoms with Crippen molar-refractivity contribution in [1.29, 1.82) is 0 Å². The predicted molar refractivity (Wildman–Crippen MR) is 149 cm³/mol. The van der Waals surface area contributed by atoms with Gasteiger partial charge in [-0.2, -0.15) is 0 Å². The third-order valence-electron chi connectivity index (χ3n) is 10.6. The van der Waals surface area contributed by atoms with Crippen molar-refractivity contribution in [2.45, 2.75) is 113 Å². The summed E-state index contributed by atoms with van der Waals surface area (Å²) in [6.07, 6.45) is 8.71. The van der Waals surface area contributed by atoms with E-state index in [1.54, 1.807) is 32.1 Å². The van der Waals surface area contributed by atoms with Gasteiger partial charge in [0.15, 0.2) is 17.0 Å². The SMILES string of the molecule is C=C(C)[C@@]12OC3(/C=C/C=C/CCCCC)O[C@@H]1[C@@H]1[C@@H]4O[C@]4(CO)[C@@H](O)[C@]4(O)C(=O)C(C)=C[C@H]4[C@@]1(O3)[C@H](C)[C@H]2OC(C)=O. The number of hydrogen-bond acceptors (Lipinski definition) is 10. The highest BCUT2D eigenvalue weighted by molar-refractivity contribution is 6.05. The summed E-state index contributed by atoms with van der Waals surface area (Å²) >= 11 is 0. The number of unbranched alkanes of at least 4 members (excludes halogenated alkanes) is 3. The smallest absolute Gasteiger partial charge is 0.307 e. The van der Waals surface area contributed by atoms with E-state index in [0.717, 1.165) is 25.7 Å². The van der Waals surface area contributed by atoms with Crippen LogP contribution in [0.2, 0.25) is 0 Å². The summed E-state index contributed by atoms with van der Waals surface area (Å²) in [6, 6.07) is 0. The molecule has 42 heavy (non-hydrogen) atoms. The second kappa shape index (κ2) is 9.66. The molecular weight excluding hydrogens is 544 g/mol. The van der Waals surface area contributed by atoms with E-state index in [1.165, 1.54) is 6.92 Å². The predicted octanol–water partition coefficient (Wildman–Crippen LogP) is 2.41. The summed E-state index contributed by atoms with van der Waals surface area (Å²) < 4.78 is 32.4. The van der Waals surface area contributed by atoms with Crippen LogP contribution in [0.4, 0.5) is 0 Å². The van der Waals surface area contributed by atoms with Gasteiger partial charge in [-0.25, -0.2) is 0 Å². The molecule has 1 unspecified atom stereocenters. The molecule has 3 saturated heterocycles. The molecule has 10 nitrogen and oxygen atoms in total. The van der Waals surface area contributed by atoms with E-state index in [1.807, 2.05) is 19.1 Å². The largest absolute Gasteiger partial charge is 0.459 e. The lowest BCUT2D eigenvalue weighted by atomic mass is 9.53. The molecule has 6 aliphatic rings. The molecule has 3 aliphatic heterocycles. The van der Waals surface area contributed by atoms with E-state index < -0.39 is 88.9 Å². The second-order valence-corrected chi connectivity index (χ2v) is 12.9. The molecule has 12 atom stereocenters. The Balaban J connectivity index is 1.55. The minimum atomic E-state index is -2.38. The van der Waals surface area contributed by atoms with Gasteiger partial charge in [-0.15, -0.1) is 0 Å². The maximum absolute atomic E-state index is 13.7. The van der Waals surface area contributed by atoms with E-state index in [4.69, 9.17) is 23.7 Å². The Labute approximate surface area is 246 Å². The molecule has 3 bridgehead atoms. The normalized spacial score (nSPS) is 50.0. The van der Waals surface area contributed by atoms with Crippen LogP contribution >= 0.6 is 0 Å². The Kier molecular flexibility index (Phi) is 6.87. The van der Waals surface area contributed by atoms with Crippen molar-refractivity contribution < 1.29 is 48.6 Å². The summed E-state index contributed by atoms with van der Waals surface area (Å²) in [7, 11) is 0. The van der Waals surface area contributed by atoms with E-state index in [9.17, 15) is 24.9 Å². The molecule has 0 spiro atoms. The standard InChI is InChI=1S/C32H42O10/c1-7-8-9-10-11-12-13-14-29-40-26-22-25-28(16-33,39-25)27(36)30(37)21(15-18(4)23(30)35)32(22,42-29)19(5)24(38-20(6)34)31(26,41-29)17(2)3/h11-15,19,21-22,24-27,33,36-37H,2,7-10,16H2,1,3-6H3/b12-11+,14-13+/t19-,21-,22+,24-,25+,26-,27-,28+,29?,30-,31+,32+/m1/s1. The van der Waals surface area contributed by atoms with Crippen LogP contribution in [0.15, 0.2) is 48.1 Å². The van der Waals surface area contributed by atoms with Crippen molar-refractivity contribution in [2.75, 3.05) is 6.61 Å². The maximum atomic E-state index is 13.7. The Hall–Kier alpha value is -2.18. The van der Waals surface area contributed by atoms with Gasteiger partial charge < -0.3 is 39.0 Å². The first-order valence-electron chi connectivity index (χ1n) is 15.0. The zero-order valence-electron chi connectivity index (χ0n) is 24.9. The molecule has 0 aromatic rings. The van der Waals surface area contributed by atoms with Crippen LogP contribution in [-0.4, -0.2) is 86.5 Å². The van der Waals surface area contributed by atoms with Crippen LogP contribution in [0.25, 0.3) is 0 Å². The highest BCUT2D eigenvalue weighted by Crippen LogP contribution is 2.73. The number of rotatable bonds is 9. The molecule has 10 heteroatoms. The van der Waals surface area contributed by atoms with Crippen LogP contribution in [0.5, 0.6) is 0 Å². The summed E-state index contributed by atoms with van der Waals surface area (Å²) in [5.41, 5.74) is -6.12. The first-order valence-corrected chi connectivity index (χ1v) is 15.0. The summed E-state index contributed by atoms with van der Waals surface area (Å²) in [6.45, 7) is 12.2. The monoisotopic (exact) mass is 586 g/mol. The maximum Gasteiger partial charge on any atom is 0.307 e. The van der Waals surface area contributed by atoms with Gasteiger partial charge in [0, 0.05) is 30.8 Å². The van der Waals surface area contributed by atoms with E-state index in [-0.39, 0.29) is 5.57 Å². The third-order valence-corrected chi connectivity index (χ3v) is 10.6. The van der Waals surface area contributed by atoms with Crippen molar-refractivity contribution in [1.82, 2.24) is 0 Å². The van der Waals surface area contributed by atoms with Gasteiger partial charge in [0.25, 0.3) is 0 Å². The molecule has 0 amide bonds. The first kappa shape index (κ1) is 29.9. The number of epoxide rings is 1. The lowest BCUT2D eigenvalue weighted by Crippen LogP contribution is -2.76. The number of Topliss-reactive ketones (excluding diaryl/α,β-unsaturated/α-hetero) is 1. The Morgan fingerprint density at radius 1 is 1.17 bits per heavy atom.